The van der Waals surface area contributed by atoms with Gasteiger partial charge in [0.2, 0.25) is 0 Å². The van der Waals surface area contributed by atoms with Crippen molar-refractivity contribution in [2.75, 3.05) is 19.0 Å². The molecule has 0 spiro atoms. The highest BCUT2D eigenvalue weighted by Gasteiger charge is 2.37. The molecule has 0 saturated carbocycles. The zero-order valence-electron chi connectivity index (χ0n) is 14.6. The molecule has 0 aliphatic heterocycles. The number of esters is 1. The summed E-state index contributed by atoms with van der Waals surface area (Å²) in [6, 6.07) is 0. The highest BCUT2D eigenvalue weighted by atomic mass is 28.4. The van der Waals surface area contributed by atoms with Crippen LogP contribution in [0.15, 0.2) is 6.20 Å². The fourth-order valence-corrected chi connectivity index (χ4v) is 2.86. The van der Waals surface area contributed by atoms with Crippen LogP contribution in [0.3, 0.4) is 0 Å². The highest BCUT2D eigenvalue weighted by Crippen LogP contribution is 2.39. The first-order chi connectivity index (χ1) is 10.1. The fourth-order valence-electron chi connectivity index (χ4n) is 2.07. The summed E-state index contributed by atoms with van der Waals surface area (Å²) < 4.78 is 6.79. The van der Waals surface area contributed by atoms with E-state index in [1.165, 1.54) is 0 Å². The highest BCUT2D eigenvalue weighted by molar-refractivity contribution is 6.72. The maximum atomic E-state index is 11.9. The molecule has 0 amide bonds. The summed E-state index contributed by atoms with van der Waals surface area (Å²) in [6.45, 7) is 11.0. The van der Waals surface area contributed by atoms with Gasteiger partial charge in [-0.2, -0.15) is 5.10 Å². The smallest absolute Gasteiger partial charge is 0.343 e. The van der Waals surface area contributed by atoms with Crippen molar-refractivity contribution in [2.45, 2.75) is 58.3 Å². The molecule has 0 saturated heterocycles. The summed E-state index contributed by atoms with van der Waals surface area (Å²) in [5, 5.41) is 7.24. The van der Waals surface area contributed by atoms with E-state index in [9.17, 15) is 9.59 Å². The first-order valence-electron chi connectivity index (χ1n) is 7.77. The van der Waals surface area contributed by atoms with Gasteiger partial charge in [-0.25, -0.2) is 4.79 Å². The van der Waals surface area contributed by atoms with Crippen LogP contribution in [-0.2, 0) is 11.3 Å². The fraction of sp³-hybridized carbons (Fsp3) is 0.733. The number of aromatic nitrogens is 2. The Morgan fingerprint density at radius 2 is 2.14 bits per heavy atom. The van der Waals surface area contributed by atoms with E-state index >= 15 is 0 Å². The molecule has 0 aliphatic rings. The van der Waals surface area contributed by atoms with Gasteiger partial charge in [0, 0.05) is 19.8 Å². The molecule has 0 radical (unpaired) electrons. The summed E-state index contributed by atoms with van der Waals surface area (Å²) in [5.41, 5.74) is 0.459. The monoisotopic (exact) mass is 327 g/mol. The molecular weight excluding hydrogens is 298 g/mol. The number of nitrogens with one attached hydrogen (secondary N) is 1. The Kier molecular flexibility index (Phi) is 6.19. The van der Waals surface area contributed by atoms with Crippen molar-refractivity contribution in [3.8, 4) is 0 Å². The van der Waals surface area contributed by atoms with Crippen LogP contribution in [0.25, 0.3) is 0 Å². The van der Waals surface area contributed by atoms with Crippen molar-refractivity contribution in [2.24, 2.45) is 0 Å². The molecule has 22 heavy (non-hydrogen) atoms. The van der Waals surface area contributed by atoms with E-state index in [2.05, 4.69) is 24.3 Å². The first kappa shape index (κ1) is 18.7. The number of hydrogen-bond donors (Lipinski definition) is 2. The summed E-state index contributed by atoms with van der Waals surface area (Å²) in [6.07, 6.45) is 3.54. The number of ether oxygens (including phenoxy) is 1. The normalized spacial score (nSPS) is 12.3. The lowest BCUT2D eigenvalue weighted by Gasteiger charge is -2.35. The van der Waals surface area contributed by atoms with Crippen LogP contribution in [0, 0.1) is 0 Å². The lowest BCUT2D eigenvalue weighted by atomic mass is 10.1. The molecule has 1 aromatic heterocycles. The van der Waals surface area contributed by atoms with Gasteiger partial charge in [-0.05, 0) is 37.9 Å². The van der Waals surface area contributed by atoms with Crippen molar-refractivity contribution in [1.29, 1.82) is 0 Å². The Hall–Kier alpha value is -1.34. The second-order valence-electron chi connectivity index (χ2n) is 6.67. The minimum absolute atomic E-state index is 0.0457. The van der Waals surface area contributed by atoms with Gasteiger partial charge in [0.25, 0.3) is 0 Å². The van der Waals surface area contributed by atoms with E-state index in [-0.39, 0.29) is 11.0 Å². The van der Waals surface area contributed by atoms with Crippen LogP contribution < -0.4 is 5.32 Å². The van der Waals surface area contributed by atoms with Gasteiger partial charge in [-0.1, -0.05) is 13.8 Å². The second kappa shape index (κ2) is 7.28. The SMILES string of the molecule is CCOC(=O)c1cn(CCCC(C)(C)[Si](C)(C)O)nc1NC. The summed E-state index contributed by atoms with van der Waals surface area (Å²) in [7, 11) is -0.446. The zero-order valence-corrected chi connectivity index (χ0v) is 15.6. The molecule has 0 aliphatic carbocycles. The van der Waals surface area contributed by atoms with Crippen molar-refractivity contribution in [3.05, 3.63) is 11.8 Å². The quantitative estimate of drug-likeness (QED) is 0.567. The number of aryl methyl sites for hydroxylation is 1. The molecular formula is C15H29N3O3Si. The van der Waals surface area contributed by atoms with E-state index in [4.69, 9.17) is 4.74 Å². The predicted octanol–water partition coefficient (Wildman–Crippen LogP) is 2.86. The van der Waals surface area contributed by atoms with E-state index < -0.39 is 8.32 Å². The maximum absolute atomic E-state index is 11.9. The van der Waals surface area contributed by atoms with Gasteiger partial charge in [0.1, 0.15) is 5.56 Å². The number of nitrogens with zero attached hydrogens (tertiary/aromatic N) is 2. The Labute approximate surface area is 134 Å². The van der Waals surface area contributed by atoms with Gasteiger partial charge in [0.15, 0.2) is 14.1 Å². The molecule has 1 heterocycles. The van der Waals surface area contributed by atoms with E-state index in [0.717, 1.165) is 12.8 Å². The molecule has 6 nitrogen and oxygen atoms in total. The summed E-state index contributed by atoms with van der Waals surface area (Å²) >= 11 is 0. The minimum Gasteiger partial charge on any atom is -0.462 e. The van der Waals surface area contributed by atoms with Crippen LogP contribution in [0.1, 0.15) is 44.0 Å². The molecule has 0 fully saturated rings. The molecule has 1 rings (SSSR count). The van der Waals surface area contributed by atoms with E-state index in [1.807, 2.05) is 13.1 Å². The Morgan fingerprint density at radius 1 is 1.50 bits per heavy atom. The van der Waals surface area contributed by atoms with Gasteiger partial charge in [-0.15, -0.1) is 0 Å². The van der Waals surface area contributed by atoms with Gasteiger partial charge < -0.3 is 14.8 Å². The van der Waals surface area contributed by atoms with E-state index in [0.29, 0.717) is 24.5 Å². The van der Waals surface area contributed by atoms with Gasteiger partial charge in [0.05, 0.1) is 6.61 Å². The van der Waals surface area contributed by atoms with Crippen LogP contribution in [-0.4, -0.2) is 42.5 Å². The summed E-state index contributed by atoms with van der Waals surface area (Å²) in [5.74, 6) is 0.178. The summed E-state index contributed by atoms with van der Waals surface area (Å²) in [4.78, 5) is 22.2. The Balaban J connectivity index is 2.70. The third kappa shape index (κ3) is 4.57. The van der Waals surface area contributed by atoms with Crippen LogP contribution >= 0.6 is 0 Å². The molecule has 0 bridgehead atoms. The van der Waals surface area contributed by atoms with E-state index in [1.54, 1.807) is 24.9 Å². The van der Waals surface area contributed by atoms with Crippen LogP contribution in [0.5, 0.6) is 0 Å². The van der Waals surface area contributed by atoms with Crippen molar-refractivity contribution in [3.63, 3.8) is 0 Å². The topological polar surface area (TPSA) is 76.4 Å². The van der Waals surface area contributed by atoms with Gasteiger partial charge >= 0.3 is 5.97 Å². The van der Waals surface area contributed by atoms with Crippen molar-refractivity contribution < 1.29 is 14.3 Å². The lowest BCUT2D eigenvalue weighted by molar-refractivity contribution is 0.0527. The molecule has 0 unspecified atom stereocenters. The molecule has 126 valence electrons. The predicted molar refractivity (Wildman–Crippen MR) is 90.7 cm³/mol. The lowest BCUT2D eigenvalue weighted by Crippen LogP contribution is -2.39. The average Bonchev–Trinajstić information content (AvgIpc) is 2.81. The standard InChI is InChI=1S/C15H29N3O3Si/c1-7-21-14(19)12-11-18(17-13(12)16-4)10-8-9-15(2,3)22(5,6)20/h11,20H,7-10H2,1-6H3,(H,16,17). The van der Waals surface area contributed by atoms with Gasteiger partial charge in [-0.3, -0.25) is 4.68 Å². The average molecular weight is 328 g/mol. The van der Waals surface area contributed by atoms with Crippen LogP contribution in [0.4, 0.5) is 5.82 Å². The molecule has 1 aromatic rings. The number of carbonyl (C=O) groups is 1. The molecule has 2 N–H and O–H groups in total. The third-order valence-corrected chi connectivity index (χ3v) is 7.90. The molecule has 0 aromatic carbocycles. The van der Waals surface area contributed by atoms with Crippen molar-refractivity contribution >= 4 is 20.1 Å². The first-order valence-corrected chi connectivity index (χ1v) is 10.7. The zero-order chi connectivity index (χ0) is 17.0. The molecule has 7 heteroatoms. The Bertz CT molecular complexity index is 507. The maximum Gasteiger partial charge on any atom is 0.343 e. The van der Waals surface area contributed by atoms with Crippen LogP contribution in [0.2, 0.25) is 18.1 Å². The molecule has 0 atom stereocenters. The largest absolute Gasteiger partial charge is 0.462 e. The Morgan fingerprint density at radius 3 is 2.64 bits per heavy atom. The number of anilines is 1. The minimum atomic E-state index is -2.18. The number of rotatable bonds is 8. The third-order valence-electron chi connectivity index (χ3n) is 4.34. The second-order valence-corrected chi connectivity index (χ2v) is 11.1. The number of carbonyl (C=O) groups excluding carboxylic acids is 1. The van der Waals surface area contributed by atoms with Crippen molar-refractivity contribution in [1.82, 2.24) is 9.78 Å². The number of hydrogen-bond acceptors (Lipinski definition) is 5.